The summed E-state index contributed by atoms with van der Waals surface area (Å²) in [5.74, 6) is -0.372. The van der Waals surface area contributed by atoms with Crippen LogP contribution in [0.3, 0.4) is 0 Å². The number of unbranched alkanes of at least 4 members (excludes halogenated alkanes) is 1. The van der Waals surface area contributed by atoms with Crippen molar-refractivity contribution in [3.05, 3.63) is 29.3 Å². The van der Waals surface area contributed by atoms with E-state index in [9.17, 15) is 13.2 Å². The first-order chi connectivity index (χ1) is 8.83. The maximum Gasteiger partial charge on any atom is 0.357 e. The molecule has 0 atom stereocenters. The summed E-state index contributed by atoms with van der Waals surface area (Å²) in [6.07, 6.45) is 1.79. The smallest absolute Gasteiger partial charge is 0.352 e. The van der Waals surface area contributed by atoms with Crippen LogP contribution in [0.1, 0.15) is 35.7 Å². The van der Waals surface area contributed by atoms with E-state index in [0.29, 0.717) is 6.54 Å². The molecule has 0 bridgehead atoms. The predicted octanol–water partition coefficient (Wildman–Crippen LogP) is 1.74. The standard InChI is InChI=1S/C12H18N2O4S/c1-3-4-7-13-12(15)10-8-9(2)5-6-11(10)14-19(16,17)18/h5-6,8,14H,3-4,7H2,1-2H3,(H,13,15)(H,16,17,18). The minimum absolute atomic E-state index is 0.0575. The normalized spacial score (nSPS) is 11.1. The Bertz CT molecular complexity index is 555. The van der Waals surface area contributed by atoms with Crippen LogP contribution in [0.4, 0.5) is 5.69 Å². The van der Waals surface area contributed by atoms with E-state index >= 15 is 0 Å². The third-order valence-corrected chi connectivity index (χ3v) is 2.95. The average molecular weight is 286 g/mol. The zero-order valence-electron chi connectivity index (χ0n) is 10.9. The van der Waals surface area contributed by atoms with Crippen LogP contribution in [0, 0.1) is 6.92 Å². The molecule has 0 aliphatic carbocycles. The monoisotopic (exact) mass is 286 g/mol. The highest BCUT2D eigenvalue weighted by atomic mass is 32.2. The van der Waals surface area contributed by atoms with Gasteiger partial charge in [0.25, 0.3) is 5.91 Å². The molecule has 0 aromatic heterocycles. The van der Waals surface area contributed by atoms with Crippen LogP contribution >= 0.6 is 0 Å². The Labute approximate surface area is 113 Å². The molecule has 0 aliphatic rings. The summed E-state index contributed by atoms with van der Waals surface area (Å²) >= 11 is 0. The van der Waals surface area contributed by atoms with Crippen molar-refractivity contribution in [2.45, 2.75) is 26.7 Å². The molecule has 1 amide bonds. The van der Waals surface area contributed by atoms with Crippen LogP contribution in [-0.4, -0.2) is 25.4 Å². The molecule has 6 nitrogen and oxygen atoms in total. The highest BCUT2D eigenvalue weighted by Gasteiger charge is 2.14. The second kappa shape index (κ2) is 6.53. The van der Waals surface area contributed by atoms with E-state index in [-0.39, 0.29) is 17.2 Å². The maximum atomic E-state index is 12.0. The summed E-state index contributed by atoms with van der Waals surface area (Å²) in [4.78, 5) is 12.0. The fraction of sp³-hybridized carbons (Fsp3) is 0.417. The van der Waals surface area contributed by atoms with E-state index in [1.54, 1.807) is 19.1 Å². The van der Waals surface area contributed by atoms with Crippen LogP contribution in [0.15, 0.2) is 18.2 Å². The van der Waals surface area contributed by atoms with Crippen molar-refractivity contribution in [1.82, 2.24) is 5.32 Å². The molecule has 1 rings (SSSR count). The van der Waals surface area contributed by atoms with Gasteiger partial charge in [-0.15, -0.1) is 0 Å². The molecule has 0 radical (unpaired) electrons. The summed E-state index contributed by atoms with van der Waals surface area (Å²) in [5.41, 5.74) is 1.07. The molecule has 3 N–H and O–H groups in total. The summed E-state index contributed by atoms with van der Waals surface area (Å²) < 4.78 is 32.4. The predicted molar refractivity (Wildman–Crippen MR) is 73.6 cm³/mol. The van der Waals surface area contributed by atoms with Crippen molar-refractivity contribution in [2.75, 3.05) is 11.3 Å². The average Bonchev–Trinajstić information content (AvgIpc) is 2.30. The molecular formula is C12H18N2O4S. The van der Waals surface area contributed by atoms with Crippen LogP contribution in [0.25, 0.3) is 0 Å². The van der Waals surface area contributed by atoms with Crippen molar-refractivity contribution in [1.29, 1.82) is 0 Å². The Balaban J connectivity index is 2.97. The number of benzene rings is 1. The van der Waals surface area contributed by atoms with Crippen molar-refractivity contribution in [3.63, 3.8) is 0 Å². The van der Waals surface area contributed by atoms with Crippen LogP contribution in [-0.2, 0) is 10.3 Å². The van der Waals surface area contributed by atoms with E-state index in [1.807, 2.05) is 11.6 Å². The molecule has 0 saturated carbocycles. The van der Waals surface area contributed by atoms with Crippen molar-refractivity contribution < 1.29 is 17.8 Å². The Hall–Kier alpha value is -1.60. The quantitative estimate of drug-likeness (QED) is 0.548. The fourth-order valence-corrected chi connectivity index (χ4v) is 2.00. The van der Waals surface area contributed by atoms with Gasteiger partial charge in [-0.2, -0.15) is 8.42 Å². The number of anilines is 1. The van der Waals surface area contributed by atoms with Crippen LogP contribution in [0.5, 0.6) is 0 Å². The first-order valence-corrected chi connectivity index (χ1v) is 7.41. The van der Waals surface area contributed by atoms with Gasteiger partial charge < -0.3 is 5.32 Å². The number of carbonyl (C=O) groups is 1. The Morgan fingerprint density at radius 3 is 2.63 bits per heavy atom. The SMILES string of the molecule is CCCCNC(=O)c1cc(C)ccc1NS(=O)(=O)O. The molecule has 0 spiro atoms. The van der Waals surface area contributed by atoms with Gasteiger partial charge in [-0.05, 0) is 25.5 Å². The number of rotatable bonds is 6. The molecule has 0 heterocycles. The van der Waals surface area contributed by atoms with Gasteiger partial charge in [-0.3, -0.25) is 14.1 Å². The molecule has 106 valence electrons. The fourth-order valence-electron chi connectivity index (χ4n) is 1.55. The van der Waals surface area contributed by atoms with E-state index in [2.05, 4.69) is 5.32 Å². The Morgan fingerprint density at radius 2 is 2.05 bits per heavy atom. The van der Waals surface area contributed by atoms with Gasteiger partial charge in [0.05, 0.1) is 11.3 Å². The number of hydrogen-bond acceptors (Lipinski definition) is 3. The first-order valence-electron chi connectivity index (χ1n) is 5.97. The minimum Gasteiger partial charge on any atom is -0.352 e. The Morgan fingerprint density at radius 1 is 1.37 bits per heavy atom. The van der Waals surface area contributed by atoms with E-state index in [4.69, 9.17) is 4.55 Å². The lowest BCUT2D eigenvalue weighted by Gasteiger charge is -2.11. The van der Waals surface area contributed by atoms with Gasteiger partial charge in [-0.25, -0.2) is 0 Å². The Kier molecular flexibility index (Phi) is 5.31. The summed E-state index contributed by atoms with van der Waals surface area (Å²) in [6.45, 7) is 4.32. The molecule has 7 heteroatoms. The molecule has 19 heavy (non-hydrogen) atoms. The summed E-state index contributed by atoms with van der Waals surface area (Å²) in [7, 11) is -4.40. The van der Waals surface area contributed by atoms with Gasteiger partial charge in [0, 0.05) is 6.54 Å². The third kappa shape index (κ3) is 5.27. The van der Waals surface area contributed by atoms with E-state index in [0.717, 1.165) is 18.4 Å². The van der Waals surface area contributed by atoms with Crippen LogP contribution < -0.4 is 10.0 Å². The largest absolute Gasteiger partial charge is 0.357 e. The van der Waals surface area contributed by atoms with Gasteiger partial charge in [0.2, 0.25) is 0 Å². The number of hydrogen-bond donors (Lipinski definition) is 3. The van der Waals surface area contributed by atoms with E-state index in [1.165, 1.54) is 6.07 Å². The van der Waals surface area contributed by atoms with Gasteiger partial charge >= 0.3 is 10.3 Å². The summed E-state index contributed by atoms with van der Waals surface area (Å²) in [5, 5.41) is 2.70. The second-order valence-electron chi connectivity index (χ2n) is 4.24. The minimum atomic E-state index is -4.40. The van der Waals surface area contributed by atoms with Crippen molar-refractivity contribution in [3.8, 4) is 0 Å². The topological polar surface area (TPSA) is 95.5 Å². The lowest BCUT2D eigenvalue weighted by molar-refractivity contribution is 0.0954. The number of amides is 1. The number of aryl methyl sites for hydroxylation is 1. The maximum absolute atomic E-state index is 12.0. The molecule has 1 aromatic carbocycles. The zero-order valence-corrected chi connectivity index (χ0v) is 11.8. The second-order valence-corrected chi connectivity index (χ2v) is 5.39. The van der Waals surface area contributed by atoms with Gasteiger partial charge in [-0.1, -0.05) is 25.0 Å². The molecule has 0 unspecified atom stereocenters. The van der Waals surface area contributed by atoms with Crippen molar-refractivity contribution in [2.24, 2.45) is 0 Å². The molecule has 0 aliphatic heterocycles. The third-order valence-electron chi connectivity index (χ3n) is 2.47. The highest BCUT2D eigenvalue weighted by molar-refractivity contribution is 7.87. The summed E-state index contributed by atoms with van der Waals surface area (Å²) in [6, 6.07) is 4.66. The van der Waals surface area contributed by atoms with Gasteiger partial charge in [0.15, 0.2) is 0 Å². The lowest BCUT2D eigenvalue weighted by atomic mass is 10.1. The molecule has 0 saturated heterocycles. The highest BCUT2D eigenvalue weighted by Crippen LogP contribution is 2.18. The van der Waals surface area contributed by atoms with Crippen molar-refractivity contribution >= 4 is 21.9 Å². The zero-order chi connectivity index (χ0) is 14.5. The molecular weight excluding hydrogens is 268 g/mol. The molecule has 1 aromatic rings. The first kappa shape index (κ1) is 15.5. The number of nitrogens with one attached hydrogen (secondary N) is 2. The van der Waals surface area contributed by atoms with Gasteiger partial charge in [0.1, 0.15) is 0 Å². The lowest BCUT2D eigenvalue weighted by Crippen LogP contribution is -2.26. The van der Waals surface area contributed by atoms with E-state index < -0.39 is 10.3 Å². The number of carbonyl (C=O) groups excluding carboxylic acids is 1. The molecule has 0 fully saturated rings. The van der Waals surface area contributed by atoms with Crippen LogP contribution in [0.2, 0.25) is 0 Å².